The molecule has 0 radical (unpaired) electrons. The number of methoxy groups -OCH3 is 1. The average Bonchev–Trinajstić information content (AvgIpc) is 3.09. The number of ether oxygens (including phenoxy) is 1. The molecule has 8 nitrogen and oxygen atoms in total. The van der Waals surface area contributed by atoms with Gasteiger partial charge in [0.15, 0.2) is 6.04 Å². The number of carbonyl (C=O) groups is 3. The molecule has 2 unspecified atom stereocenters. The van der Waals surface area contributed by atoms with E-state index in [9.17, 15) is 14.4 Å². The first-order valence-corrected chi connectivity index (χ1v) is 6.83. The molecule has 120 valence electrons. The van der Waals surface area contributed by atoms with Gasteiger partial charge < -0.3 is 24.5 Å². The summed E-state index contributed by atoms with van der Waals surface area (Å²) < 4.78 is 9.93. The Balaban J connectivity index is 1.91. The van der Waals surface area contributed by atoms with Crippen LogP contribution >= 0.6 is 0 Å². The summed E-state index contributed by atoms with van der Waals surface area (Å²) in [6, 6.07) is 2.36. The summed E-state index contributed by atoms with van der Waals surface area (Å²) in [5.41, 5.74) is 0. The molecule has 1 aliphatic rings. The Hall–Kier alpha value is -2.35. The van der Waals surface area contributed by atoms with E-state index in [1.807, 2.05) is 0 Å². The number of carboxylic acids is 1. The van der Waals surface area contributed by atoms with Crippen LogP contribution in [0.4, 0.5) is 0 Å². The molecule has 1 saturated heterocycles. The van der Waals surface area contributed by atoms with Gasteiger partial charge in [-0.05, 0) is 12.1 Å². The van der Waals surface area contributed by atoms with Gasteiger partial charge in [-0.15, -0.1) is 0 Å². The highest BCUT2D eigenvalue weighted by Gasteiger charge is 2.36. The highest BCUT2D eigenvalue weighted by Crippen LogP contribution is 2.20. The highest BCUT2D eigenvalue weighted by molar-refractivity contribution is 5.91. The van der Waals surface area contributed by atoms with Gasteiger partial charge in [0.1, 0.15) is 5.76 Å². The van der Waals surface area contributed by atoms with Gasteiger partial charge in [0, 0.05) is 20.1 Å². The molecule has 22 heavy (non-hydrogen) atoms. The zero-order valence-corrected chi connectivity index (χ0v) is 12.2. The quantitative estimate of drug-likeness (QED) is 0.724. The first-order chi connectivity index (χ1) is 10.5. The van der Waals surface area contributed by atoms with Gasteiger partial charge in [0.25, 0.3) is 0 Å². The number of rotatable bonds is 7. The lowest BCUT2D eigenvalue weighted by atomic mass is 10.1. The van der Waals surface area contributed by atoms with E-state index in [2.05, 4.69) is 5.32 Å². The molecule has 0 aromatic carbocycles. The molecule has 0 spiro atoms. The van der Waals surface area contributed by atoms with E-state index in [0.29, 0.717) is 12.3 Å². The van der Waals surface area contributed by atoms with Gasteiger partial charge in [-0.25, -0.2) is 4.79 Å². The third-order valence-corrected chi connectivity index (χ3v) is 3.46. The third-order valence-electron chi connectivity index (χ3n) is 3.46. The fourth-order valence-electron chi connectivity index (χ4n) is 2.32. The van der Waals surface area contributed by atoms with Crippen LogP contribution < -0.4 is 5.32 Å². The first kappa shape index (κ1) is 16.0. The van der Waals surface area contributed by atoms with E-state index in [0.717, 1.165) is 0 Å². The second-order valence-electron chi connectivity index (χ2n) is 5.11. The van der Waals surface area contributed by atoms with Crippen LogP contribution in [0.1, 0.15) is 12.2 Å². The van der Waals surface area contributed by atoms with Gasteiger partial charge in [-0.3, -0.25) is 9.59 Å². The van der Waals surface area contributed by atoms with E-state index in [1.165, 1.54) is 18.3 Å². The molecule has 2 rings (SSSR count). The molecular weight excluding hydrogens is 292 g/mol. The summed E-state index contributed by atoms with van der Waals surface area (Å²) in [4.78, 5) is 36.5. The normalized spacial score (nSPS) is 19.2. The molecule has 0 aliphatic carbocycles. The summed E-state index contributed by atoms with van der Waals surface area (Å²) >= 11 is 0. The van der Waals surface area contributed by atoms with Crippen molar-refractivity contribution in [3.8, 4) is 0 Å². The van der Waals surface area contributed by atoms with Crippen molar-refractivity contribution in [3.05, 3.63) is 24.2 Å². The number of nitrogens with one attached hydrogen (secondary N) is 1. The second kappa shape index (κ2) is 7.08. The number of hydrogen-bond donors (Lipinski definition) is 2. The maximum absolute atomic E-state index is 12.1. The summed E-state index contributed by atoms with van der Waals surface area (Å²) in [6.07, 6.45) is 1.58. The van der Waals surface area contributed by atoms with Gasteiger partial charge in [-0.2, -0.15) is 0 Å². The van der Waals surface area contributed by atoms with E-state index < -0.39 is 23.8 Å². The number of nitrogens with zero attached hydrogens (tertiary/aromatic N) is 1. The average molecular weight is 310 g/mol. The standard InChI is InChI=1S/C14H18N2O6/c1-21-8-11(14(19)20)15-13(18)9-5-12(17)16(6-9)7-10-3-2-4-22-10/h2-4,9,11H,5-8H2,1H3,(H,15,18)(H,19,20). The molecular formula is C14H18N2O6. The molecule has 0 bridgehead atoms. The van der Waals surface area contributed by atoms with E-state index in [1.54, 1.807) is 12.1 Å². The molecule has 2 N–H and O–H groups in total. The molecule has 1 fully saturated rings. The van der Waals surface area contributed by atoms with Crippen LogP contribution in [0.15, 0.2) is 22.8 Å². The Bertz CT molecular complexity index is 542. The fourth-order valence-corrected chi connectivity index (χ4v) is 2.32. The summed E-state index contributed by atoms with van der Waals surface area (Å²) in [5, 5.41) is 11.4. The molecule has 1 aromatic rings. The van der Waals surface area contributed by atoms with Crippen LogP contribution in [-0.2, 0) is 25.7 Å². The topological polar surface area (TPSA) is 109 Å². The lowest BCUT2D eigenvalue weighted by Gasteiger charge is -2.17. The van der Waals surface area contributed by atoms with Gasteiger partial charge >= 0.3 is 5.97 Å². The Morgan fingerprint density at radius 1 is 1.59 bits per heavy atom. The predicted octanol–water partition coefficient (Wildman–Crippen LogP) is -0.156. The van der Waals surface area contributed by atoms with Crippen molar-refractivity contribution in [2.45, 2.75) is 19.0 Å². The predicted molar refractivity (Wildman–Crippen MR) is 73.7 cm³/mol. The minimum Gasteiger partial charge on any atom is -0.480 e. The number of likely N-dealkylation sites (tertiary alicyclic amines) is 1. The minimum atomic E-state index is -1.17. The Morgan fingerprint density at radius 2 is 2.36 bits per heavy atom. The number of carboxylic acid groups (broad SMARTS) is 1. The van der Waals surface area contributed by atoms with E-state index in [-0.39, 0.29) is 25.5 Å². The molecule has 2 atom stereocenters. The van der Waals surface area contributed by atoms with Crippen LogP contribution in [0.25, 0.3) is 0 Å². The van der Waals surface area contributed by atoms with E-state index >= 15 is 0 Å². The lowest BCUT2D eigenvalue weighted by molar-refractivity contribution is -0.143. The maximum Gasteiger partial charge on any atom is 0.328 e. The van der Waals surface area contributed by atoms with Crippen molar-refractivity contribution < 1.29 is 28.6 Å². The number of carbonyl (C=O) groups excluding carboxylic acids is 2. The maximum atomic E-state index is 12.1. The zero-order valence-electron chi connectivity index (χ0n) is 12.2. The molecule has 2 heterocycles. The summed E-state index contributed by atoms with van der Waals surface area (Å²) in [6.45, 7) is 0.415. The highest BCUT2D eigenvalue weighted by atomic mass is 16.5. The molecule has 8 heteroatoms. The van der Waals surface area contributed by atoms with Crippen LogP contribution in [0, 0.1) is 5.92 Å². The Morgan fingerprint density at radius 3 is 2.95 bits per heavy atom. The van der Waals surface area contributed by atoms with Gasteiger partial charge in [0.2, 0.25) is 11.8 Å². The Labute approximate surface area is 127 Å². The minimum absolute atomic E-state index is 0.0614. The largest absolute Gasteiger partial charge is 0.480 e. The van der Waals surface area contributed by atoms with Crippen LogP contribution in [0.2, 0.25) is 0 Å². The number of furan rings is 1. The SMILES string of the molecule is COCC(NC(=O)C1CC(=O)N(Cc2ccco2)C1)C(=O)O. The third kappa shape index (κ3) is 3.85. The molecule has 1 aromatic heterocycles. The van der Waals surface area contributed by atoms with Crippen molar-refractivity contribution >= 4 is 17.8 Å². The number of amides is 2. The first-order valence-electron chi connectivity index (χ1n) is 6.83. The summed E-state index contributed by atoms with van der Waals surface area (Å²) in [7, 11) is 1.35. The van der Waals surface area contributed by atoms with Gasteiger partial charge in [0.05, 0.1) is 25.3 Å². The monoisotopic (exact) mass is 310 g/mol. The van der Waals surface area contributed by atoms with E-state index in [4.69, 9.17) is 14.3 Å². The number of aliphatic carboxylic acids is 1. The van der Waals surface area contributed by atoms with Crippen molar-refractivity contribution in [3.63, 3.8) is 0 Å². The van der Waals surface area contributed by atoms with Crippen molar-refractivity contribution in [2.75, 3.05) is 20.3 Å². The van der Waals surface area contributed by atoms with Crippen molar-refractivity contribution in [1.29, 1.82) is 0 Å². The van der Waals surface area contributed by atoms with Crippen LogP contribution in [0.5, 0.6) is 0 Å². The lowest BCUT2D eigenvalue weighted by Crippen LogP contribution is -2.46. The fraction of sp³-hybridized carbons (Fsp3) is 0.500. The van der Waals surface area contributed by atoms with Gasteiger partial charge in [-0.1, -0.05) is 0 Å². The van der Waals surface area contributed by atoms with Crippen LogP contribution in [0.3, 0.4) is 0 Å². The zero-order chi connectivity index (χ0) is 16.1. The van der Waals surface area contributed by atoms with Crippen LogP contribution in [-0.4, -0.2) is 54.1 Å². The number of hydrogen-bond acceptors (Lipinski definition) is 5. The summed E-state index contributed by atoms with van der Waals surface area (Å²) in [5.74, 6) is -1.72. The Kier molecular flexibility index (Phi) is 5.16. The molecule has 1 aliphatic heterocycles. The van der Waals surface area contributed by atoms with Crippen molar-refractivity contribution in [1.82, 2.24) is 10.2 Å². The smallest absolute Gasteiger partial charge is 0.328 e. The second-order valence-corrected chi connectivity index (χ2v) is 5.11. The van der Waals surface area contributed by atoms with Crippen molar-refractivity contribution in [2.24, 2.45) is 5.92 Å². The molecule has 0 saturated carbocycles. The molecule has 2 amide bonds.